The van der Waals surface area contributed by atoms with E-state index in [4.69, 9.17) is 0 Å². The Hall–Kier alpha value is -2.92. The van der Waals surface area contributed by atoms with Crippen LogP contribution in [0.4, 0.5) is 0 Å². The molecule has 5 heterocycles. The highest BCUT2D eigenvalue weighted by Gasteiger charge is 2.18. The number of tetrazole rings is 1. The molecule has 11 heteroatoms. The fourth-order valence-corrected chi connectivity index (χ4v) is 4.39. The largest absolute Gasteiger partial charge is 0.359 e. The number of aromatic amines is 2. The highest BCUT2D eigenvalue weighted by atomic mass is 32.1. The van der Waals surface area contributed by atoms with E-state index in [1.807, 2.05) is 12.3 Å². The van der Waals surface area contributed by atoms with Crippen molar-refractivity contribution in [3.63, 3.8) is 0 Å². The summed E-state index contributed by atoms with van der Waals surface area (Å²) in [7, 11) is 1.72. The molecule has 0 atom stereocenters. The molecule has 2 N–H and O–H groups in total. The molecule has 0 radical (unpaired) electrons. The Balaban J connectivity index is 1.74. The number of H-pyrrole nitrogens is 2. The predicted molar refractivity (Wildman–Crippen MR) is 91.0 cm³/mol. The third-order valence-corrected chi connectivity index (χ3v) is 5.43. The van der Waals surface area contributed by atoms with E-state index in [0.717, 1.165) is 43.3 Å². The van der Waals surface area contributed by atoms with Gasteiger partial charge < -0.3 is 9.97 Å². The van der Waals surface area contributed by atoms with Gasteiger partial charge in [-0.2, -0.15) is 4.80 Å². The van der Waals surface area contributed by atoms with E-state index in [0.29, 0.717) is 10.7 Å². The minimum absolute atomic E-state index is 0.0997. The van der Waals surface area contributed by atoms with Crippen molar-refractivity contribution in [2.75, 3.05) is 0 Å². The van der Waals surface area contributed by atoms with Crippen molar-refractivity contribution in [2.45, 2.75) is 0 Å². The number of pyridine rings is 1. The van der Waals surface area contributed by atoms with Gasteiger partial charge in [0.05, 0.1) is 18.1 Å². The van der Waals surface area contributed by atoms with Crippen LogP contribution in [-0.2, 0) is 7.05 Å². The number of nitrogens with zero attached hydrogens (tertiary/aromatic N) is 6. The van der Waals surface area contributed by atoms with Gasteiger partial charge in [0, 0.05) is 17.8 Å². The third-order valence-electron chi connectivity index (χ3n) is 3.55. The lowest BCUT2D eigenvalue weighted by atomic mass is 10.1. The topological polar surface area (TPSA) is 118 Å². The van der Waals surface area contributed by atoms with Crippen molar-refractivity contribution in [3.05, 3.63) is 28.1 Å². The summed E-state index contributed by atoms with van der Waals surface area (Å²) in [5.74, 6) is 0.519. The maximum absolute atomic E-state index is 11.4. The molecule has 5 rings (SSSR count). The Bertz CT molecular complexity index is 1220. The van der Waals surface area contributed by atoms with Gasteiger partial charge in [-0.05, 0) is 11.3 Å². The summed E-state index contributed by atoms with van der Waals surface area (Å²) >= 11 is 2.51. The number of aryl methyl sites for hydroxylation is 1. The van der Waals surface area contributed by atoms with Gasteiger partial charge in [-0.1, -0.05) is 22.7 Å². The zero-order chi connectivity index (χ0) is 16.3. The Morgan fingerprint density at radius 3 is 3.00 bits per heavy atom. The van der Waals surface area contributed by atoms with Crippen molar-refractivity contribution < 1.29 is 0 Å². The van der Waals surface area contributed by atoms with Crippen LogP contribution in [0.25, 0.3) is 42.7 Å². The smallest absolute Gasteiger partial charge is 0.307 e. The average Bonchev–Trinajstić information content (AvgIpc) is 3.28. The number of nitrogens with one attached hydrogen (secondary N) is 2. The highest BCUT2D eigenvalue weighted by Crippen LogP contribution is 2.35. The van der Waals surface area contributed by atoms with E-state index in [1.165, 1.54) is 16.1 Å². The van der Waals surface area contributed by atoms with Gasteiger partial charge in [0.15, 0.2) is 4.83 Å². The molecule has 0 aliphatic heterocycles. The van der Waals surface area contributed by atoms with E-state index in [9.17, 15) is 4.79 Å². The number of thiazole rings is 2. The molecule has 0 spiro atoms. The van der Waals surface area contributed by atoms with E-state index in [-0.39, 0.29) is 4.87 Å². The Kier molecular flexibility index (Phi) is 2.69. The van der Waals surface area contributed by atoms with Crippen molar-refractivity contribution in [2.24, 2.45) is 7.05 Å². The second kappa shape index (κ2) is 4.79. The molecule has 0 aliphatic rings. The number of fused-ring (bicyclic) bond motifs is 2. The first-order chi connectivity index (χ1) is 11.7. The molecule has 0 bridgehead atoms. The Labute approximate surface area is 141 Å². The monoisotopic (exact) mass is 356 g/mol. The van der Waals surface area contributed by atoms with Crippen LogP contribution in [0.1, 0.15) is 0 Å². The fourth-order valence-electron chi connectivity index (χ4n) is 2.55. The zero-order valence-electron chi connectivity index (χ0n) is 12.1. The lowest BCUT2D eigenvalue weighted by molar-refractivity contribution is 0.630. The van der Waals surface area contributed by atoms with Crippen LogP contribution in [0, 0.1) is 0 Å². The predicted octanol–water partition coefficient (Wildman–Crippen LogP) is 1.78. The van der Waals surface area contributed by atoms with E-state index >= 15 is 0 Å². The van der Waals surface area contributed by atoms with Gasteiger partial charge in [0.25, 0.3) is 0 Å². The fraction of sp³-hybridized carbons (Fsp3) is 0.0769. The Morgan fingerprint density at radius 1 is 1.29 bits per heavy atom. The lowest BCUT2D eigenvalue weighted by Gasteiger charge is -2.02. The molecule has 0 aliphatic carbocycles. The zero-order valence-corrected chi connectivity index (χ0v) is 13.8. The van der Waals surface area contributed by atoms with Gasteiger partial charge in [-0.15, -0.1) is 10.2 Å². The molecule has 0 fully saturated rings. The summed E-state index contributed by atoms with van der Waals surface area (Å²) in [4.78, 5) is 29.2. The van der Waals surface area contributed by atoms with Crippen molar-refractivity contribution >= 4 is 43.2 Å². The average molecular weight is 356 g/mol. The van der Waals surface area contributed by atoms with Gasteiger partial charge in [-0.25, -0.2) is 4.98 Å². The molecule has 118 valence electrons. The van der Waals surface area contributed by atoms with Crippen LogP contribution in [0.3, 0.4) is 0 Å². The summed E-state index contributed by atoms with van der Waals surface area (Å²) in [5, 5.41) is 13.9. The first-order valence-electron chi connectivity index (χ1n) is 6.89. The molecular formula is C13H8N8OS2. The minimum Gasteiger partial charge on any atom is -0.359 e. The number of hydrogen-bond acceptors (Lipinski definition) is 8. The van der Waals surface area contributed by atoms with Crippen LogP contribution in [0.5, 0.6) is 0 Å². The van der Waals surface area contributed by atoms with Crippen LogP contribution < -0.4 is 4.87 Å². The highest BCUT2D eigenvalue weighted by molar-refractivity contribution is 7.27. The van der Waals surface area contributed by atoms with Crippen molar-refractivity contribution in [1.82, 2.24) is 40.1 Å². The van der Waals surface area contributed by atoms with Gasteiger partial charge in [0.2, 0.25) is 5.82 Å². The maximum Gasteiger partial charge on any atom is 0.307 e. The molecule has 5 aromatic heterocycles. The SMILES string of the molecule is Cn1nnc(-c2cnc(-c3nc4sc(=O)[nH]c4s3)c3[nH]ccc23)n1. The normalized spacial score (nSPS) is 11.7. The van der Waals surface area contributed by atoms with Gasteiger partial charge in [0.1, 0.15) is 15.5 Å². The first-order valence-corrected chi connectivity index (χ1v) is 8.53. The van der Waals surface area contributed by atoms with Crippen LogP contribution >= 0.6 is 22.7 Å². The van der Waals surface area contributed by atoms with Crippen LogP contribution in [0.2, 0.25) is 0 Å². The lowest BCUT2D eigenvalue weighted by Crippen LogP contribution is -1.93. The quantitative estimate of drug-likeness (QED) is 0.498. The molecule has 9 nitrogen and oxygen atoms in total. The molecular weight excluding hydrogens is 348 g/mol. The molecule has 24 heavy (non-hydrogen) atoms. The molecule has 0 saturated heterocycles. The van der Waals surface area contributed by atoms with E-state index in [1.54, 1.807) is 13.2 Å². The van der Waals surface area contributed by atoms with Crippen LogP contribution in [-0.4, -0.2) is 40.1 Å². The second-order valence-corrected chi connectivity index (χ2v) is 7.02. The van der Waals surface area contributed by atoms with Crippen LogP contribution in [0.15, 0.2) is 23.3 Å². The summed E-state index contributed by atoms with van der Waals surface area (Å²) in [6.07, 6.45) is 3.56. The van der Waals surface area contributed by atoms with Crippen molar-refractivity contribution in [1.29, 1.82) is 0 Å². The second-order valence-electron chi connectivity index (χ2n) is 5.06. The Morgan fingerprint density at radius 2 is 2.21 bits per heavy atom. The maximum atomic E-state index is 11.4. The number of hydrogen-bond donors (Lipinski definition) is 2. The van der Waals surface area contributed by atoms with E-state index < -0.39 is 0 Å². The molecule has 0 aromatic carbocycles. The standard InChI is InChI=1S/C13H8N8OS2/c1-21-19-9(18-20-21)6-4-15-8(7-5(6)2-3-14-7)10-16-11-12(23-10)17-13(22)24-11/h2-4,14H,1H3,(H,17,22). The summed E-state index contributed by atoms with van der Waals surface area (Å²) in [5.41, 5.74) is 2.38. The molecule has 0 unspecified atom stereocenters. The summed E-state index contributed by atoms with van der Waals surface area (Å²) < 4.78 is 0. The van der Waals surface area contributed by atoms with Crippen molar-refractivity contribution in [3.8, 4) is 22.1 Å². The summed E-state index contributed by atoms with van der Waals surface area (Å²) in [6.45, 7) is 0. The summed E-state index contributed by atoms with van der Waals surface area (Å²) in [6, 6.07) is 1.95. The number of aromatic nitrogens is 8. The third kappa shape index (κ3) is 1.91. The molecule has 0 amide bonds. The van der Waals surface area contributed by atoms with Gasteiger partial charge in [-0.3, -0.25) is 9.78 Å². The minimum atomic E-state index is -0.0997. The first kappa shape index (κ1) is 13.5. The molecule has 0 saturated carbocycles. The molecule has 5 aromatic rings. The van der Waals surface area contributed by atoms with Gasteiger partial charge >= 0.3 is 4.87 Å². The van der Waals surface area contributed by atoms with E-state index in [2.05, 4.69) is 35.3 Å². The number of rotatable bonds is 2.